The van der Waals surface area contributed by atoms with Crippen LogP contribution in [0.1, 0.15) is 47.0 Å². The fraction of sp³-hybridized carbons (Fsp3) is 1.00. The quantitative estimate of drug-likeness (QED) is 0.731. The molecule has 0 saturated carbocycles. The molecule has 1 fully saturated rings. The Bertz CT molecular complexity index is 280. The summed E-state index contributed by atoms with van der Waals surface area (Å²) in [6.45, 7) is 10.1. The lowest BCUT2D eigenvalue weighted by Gasteiger charge is -2.24. The van der Waals surface area contributed by atoms with Crippen LogP contribution in [0.2, 0.25) is 0 Å². The average molecular weight is 308 g/mol. The molecule has 21 heavy (non-hydrogen) atoms. The Labute approximate surface area is 127 Å². The summed E-state index contributed by atoms with van der Waals surface area (Å²) in [5.74, 6) is 1.65. The third-order valence-electron chi connectivity index (χ3n) is 3.98. The summed E-state index contributed by atoms with van der Waals surface area (Å²) in [6, 6.07) is 0.488. The van der Waals surface area contributed by atoms with Crippen molar-refractivity contribution in [2.24, 2.45) is 17.8 Å². The Kier molecular flexibility index (Phi) is 7.48. The summed E-state index contributed by atoms with van der Waals surface area (Å²) >= 11 is 0. The fourth-order valence-corrected chi connectivity index (χ4v) is 3.21. The summed E-state index contributed by atoms with van der Waals surface area (Å²) < 4.78 is 37.1. The maximum absolute atomic E-state index is 12.4. The molecule has 2 nitrogen and oxygen atoms in total. The van der Waals surface area contributed by atoms with Gasteiger partial charge in [-0.2, -0.15) is 13.2 Å². The topological polar surface area (TPSA) is 15.3 Å². The van der Waals surface area contributed by atoms with Gasteiger partial charge in [0.05, 0.1) is 6.54 Å². The van der Waals surface area contributed by atoms with Crippen LogP contribution in [0.3, 0.4) is 0 Å². The molecule has 5 heteroatoms. The summed E-state index contributed by atoms with van der Waals surface area (Å²) in [5, 5.41) is 3.60. The van der Waals surface area contributed by atoms with E-state index in [0.29, 0.717) is 36.9 Å². The number of halogens is 3. The SMILES string of the molecule is CC(C)CC(CC(C)C)NCC1CCN(CC(F)(F)F)C1. The number of hydrogen-bond acceptors (Lipinski definition) is 2. The molecule has 1 heterocycles. The van der Waals surface area contributed by atoms with Crippen LogP contribution in [-0.2, 0) is 0 Å². The van der Waals surface area contributed by atoms with Crippen LogP contribution in [0.4, 0.5) is 13.2 Å². The summed E-state index contributed by atoms with van der Waals surface area (Å²) in [5.41, 5.74) is 0. The minimum atomic E-state index is -4.07. The average Bonchev–Trinajstić information content (AvgIpc) is 2.69. The number of nitrogens with zero attached hydrogens (tertiary/aromatic N) is 1. The molecule has 0 aromatic heterocycles. The zero-order valence-corrected chi connectivity index (χ0v) is 13.8. The van der Waals surface area contributed by atoms with Crippen LogP contribution in [0.25, 0.3) is 0 Å². The second kappa shape index (κ2) is 8.37. The highest BCUT2D eigenvalue weighted by molar-refractivity contribution is 4.80. The molecule has 0 aromatic carbocycles. The van der Waals surface area contributed by atoms with E-state index in [1.807, 2.05) is 0 Å². The molecule has 126 valence electrons. The maximum Gasteiger partial charge on any atom is 0.401 e. The monoisotopic (exact) mass is 308 g/mol. The van der Waals surface area contributed by atoms with E-state index in [1.165, 1.54) is 4.90 Å². The van der Waals surface area contributed by atoms with Crippen molar-refractivity contribution in [1.82, 2.24) is 10.2 Å². The Balaban J connectivity index is 2.32. The Morgan fingerprint density at radius 1 is 1.10 bits per heavy atom. The van der Waals surface area contributed by atoms with E-state index in [4.69, 9.17) is 0 Å². The molecular weight excluding hydrogens is 277 g/mol. The Morgan fingerprint density at radius 2 is 1.67 bits per heavy atom. The number of alkyl halides is 3. The summed E-state index contributed by atoms with van der Waals surface area (Å²) in [7, 11) is 0. The fourth-order valence-electron chi connectivity index (χ4n) is 3.21. The van der Waals surface area contributed by atoms with Gasteiger partial charge in [-0.05, 0) is 50.1 Å². The van der Waals surface area contributed by atoms with Crippen molar-refractivity contribution in [3.63, 3.8) is 0 Å². The second-order valence-corrected chi connectivity index (χ2v) is 7.37. The molecule has 0 aliphatic carbocycles. The molecule has 1 aliphatic rings. The van der Waals surface area contributed by atoms with Crippen molar-refractivity contribution >= 4 is 0 Å². The molecule has 1 atom stereocenters. The number of hydrogen-bond donors (Lipinski definition) is 1. The van der Waals surface area contributed by atoms with Crippen LogP contribution < -0.4 is 5.32 Å². The van der Waals surface area contributed by atoms with Crippen LogP contribution >= 0.6 is 0 Å². The van der Waals surface area contributed by atoms with E-state index in [2.05, 4.69) is 33.0 Å². The zero-order valence-electron chi connectivity index (χ0n) is 13.8. The molecule has 1 unspecified atom stereocenters. The van der Waals surface area contributed by atoms with Crippen molar-refractivity contribution in [2.45, 2.75) is 59.2 Å². The highest BCUT2D eigenvalue weighted by atomic mass is 19.4. The lowest BCUT2D eigenvalue weighted by atomic mass is 9.95. The van der Waals surface area contributed by atoms with Crippen LogP contribution in [0, 0.1) is 17.8 Å². The van der Waals surface area contributed by atoms with Gasteiger partial charge in [-0.15, -0.1) is 0 Å². The lowest BCUT2D eigenvalue weighted by Crippen LogP contribution is -2.37. The van der Waals surface area contributed by atoms with Crippen LogP contribution in [0.5, 0.6) is 0 Å². The smallest absolute Gasteiger partial charge is 0.314 e. The normalized spacial score (nSPS) is 21.1. The van der Waals surface area contributed by atoms with Gasteiger partial charge in [0.1, 0.15) is 0 Å². The van der Waals surface area contributed by atoms with Gasteiger partial charge in [0.15, 0.2) is 0 Å². The number of likely N-dealkylation sites (tertiary alicyclic amines) is 1. The zero-order chi connectivity index (χ0) is 16.0. The molecule has 0 amide bonds. The van der Waals surface area contributed by atoms with Gasteiger partial charge in [-0.3, -0.25) is 4.90 Å². The lowest BCUT2D eigenvalue weighted by molar-refractivity contribution is -0.143. The molecule has 1 aliphatic heterocycles. The highest BCUT2D eigenvalue weighted by Gasteiger charge is 2.34. The van der Waals surface area contributed by atoms with Gasteiger partial charge in [0.25, 0.3) is 0 Å². The first-order valence-electron chi connectivity index (χ1n) is 8.18. The molecule has 0 bridgehead atoms. The highest BCUT2D eigenvalue weighted by Crippen LogP contribution is 2.23. The third-order valence-corrected chi connectivity index (χ3v) is 3.98. The molecular formula is C16H31F3N2. The molecule has 0 radical (unpaired) electrons. The van der Waals surface area contributed by atoms with E-state index >= 15 is 0 Å². The van der Waals surface area contributed by atoms with E-state index in [9.17, 15) is 13.2 Å². The van der Waals surface area contributed by atoms with Crippen molar-refractivity contribution in [3.8, 4) is 0 Å². The van der Waals surface area contributed by atoms with Crippen molar-refractivity contribution in [2.75, 3.05) is 26.2 Å². The Hall–Kier alpha value is -0.290. The van der Waals surface area contributed by atoms with Gasteiger partial charge in [0, 0.05) is 12.6 Å². The summed E-state index contributed by atoms with van der Waals surface area (Å²) in [4.78, 5) is 1.53. The minimum absolute atomic E-state index is 0.356. The standard InChI is InChI=1S/C16H31F3N2/c1-12(2)7-15(8-13(3)4)20-9-14-5-6-21(10-14)11-16(17,18)19/h12-15,20H,5-11H2,1-4H3. The van der Waals surface area contributed by atoms with Gasteiger partial charge in [0.2, 0.25) is 0 Å². The van der Waals surface area contributed by atoms with Gasteiger partial charge in [-0.1, -0.05) is 27.7 Å². The largest absolute Gasteiger partial charge is 0.401 e. The number of nitrogens with one attached hydrogen (secondary N) is 1. The van der Waals surface area contributed by atoms with Gasteiger partial charge in [-0.25, -0.2) is 0 Å². The third kappa shape index (κ3) is 8.67. The Morgan fingerprint density at radius 3 is 2.14 bits per heavy atom. The maximum atomic E-state index is 12.4. The van der Waals surface area contributed by atoms with Crippen LogP contribution in [-0.4, -0.2) is 43.3 Å². The van der Waals surface area contributed by atoms with Crippen molar-refractivity contribution in [1.29, 1.82) is 0 Å². The van der Waals surface area contributed by atoms with E-state index in [-0.39, 0.29) is 0 Å². The van der Waals surface area contributed by atoms with Crippen molar-refractivity contribution in [3.05, 3.63) is 0 Å². The van der Waals surface area contributed by atoms with Gasteiger partial charge < -0.3 is 5.32 Å². The van der Waals surface area contributed by atoms with Crippen LogP contribution in [0.15, 0.2) is 0 Å². The molecule has 1 saturated heterocycles. The second-order valence-electron chi connectivity index (χ2n) is 7.37. The summed E-state index contributed by atoms with van der Waals surface area (Å²) in [6.07, 6.45) is -0.923. The first-order chi connectivity index (χ1) is 9.65. The molecule has 1 rings (SSSR count). The predicted octanol–water partition coefficient (Wildman–Crippen LogP) is 3.92. The van der Waals surface area contributed by atoms with E-state index in [0.717, 1.165) is 25.8 Å². The van der Waals surface area contributed by atoms with E-state index in [1.54, 1.807) is 0 Å². The number of rotatable bonds is 8. The first-order valence-corrected chi connectivity index (χ1v) is 8.18. The minimum Gasteiger partial charge on any atom is -0.314 e. The molecule has 1 N–H and O–H groups in total. The van der Waals surface area contributed by atoms with E-state index < -0.39 is 12.7 Å². The van der Waals surface area contributed by atoms with Gasteiger partial charge >= 0.3 is 6.18 Å². The first kappa shape index (κ1) is 18.8. The molecule has 0 aromatic rings. The van der Waals surface area contributed by atoms with Crippen molar-refractivity contribution < 1.29 is 13.2 Å². The predicted molar refractivity (Wildman–Crippen MR) is 81.3 cm³/mol. The molecule has 0 spiro atoms.